The van der Waals surface area contributed by atoms with E-state index >= 15 is 0 Å². The van der Waals surface area contributed by atoms with Crippen LogP contribution < -0.4 is 4.89 Å². The molecule has 1 rings (SSSR count). The molecule has 0 unspecified atom stereocenters. The number of nitrogens with one attached hydrogen (secondary N) is 1. The lowest BCUT2D eigenvalue weighted by Gasteiger charge is -1.99. The number of sulfonamides is 1. The van der Waals surface area contributed by atoms with Gasteiger partial charge in [-0.25, -0.2) is 8.42 Å². The fourth-order valence-electron chi connectivity index (χ4n) is 0.563. The number of rotatable bonds is 3. The summed E-state index contributed by atoms with van der Waals surface area (Å²) in [5.41, 5.74) is 0. The van der Waals surface area contributed by atoms with Crippen molar-refractivity contribution in [1.29, 1.82) is 0 Å². The van der Waals surface area contributed by atoms with Gasteiger partial charge in [0.2, 0.25) is 0 Å². The zero-order chi connectivity index (χ0) is 8.32. The fraction of sp³-hybridized carbons (Fsp3) is 0.200. The Balaban J connectivity index is 2.92. The second kappa shape index (κ2) is 3.31. The monoisotopic (exact) mass is 193 g/mol. The maximum Gasteiger partial charge on any atom is 0.263 e. The van der Waals surface area contributed by atoms with Gasteiger partial charge in [-0.15, -0.1) is 0 Å². The molecule has 0 amide bonds. The van der Waals surface area contributed by atoms with E-state index in [1.807, 2.05) is 4.89 Å². The minimum absolute atomic E-state index is 0.226. The molecule has 0 atom stereocenters. The van der Waals surface area contributed by atoms with Crippen molar-refractivity contribution in [2.45, 2.75) is 4.90 Å². The highest BCUT2D eigenvalue weighted by molar-refractivity contribution is 7.89. The Bertz CT molecular complexity index is 302. The van der Waals surface area contributed by atoms with E-state index in [1.165, 1.54) is 29.9 Å². The van der Waals surface area contributed by atoms with Gasteiger partial charge in [-0.2, -0.15) is 11.3 Å². The third-order valence-corrected chi connectivity index (χ3v) is 3.09. The Hall–Kier alpha value is -0.430. The molecule has 0 saturated heterocycles. The van der Waals surface area contributed by atoms with Crippen molar-refractivity contribution < 1.29 is 13.3 Å². The van der Waals surface area contributed by atoms with Gasteiger partial charge < -0.3 is 0 Å². The number of thiophene rings is 1. The zero-order valence-corrected chi connectivity index (χ0v) is 7.41. The summed E-state index contributed by atoms with van der Waals surface area (Å²) in [4.78, 5) is 6.43. The van der Waals surface area contributed by atoms with E-state index in [1.54, 1.807) is 5.38 Å². The van der Waals surface area contributed by atoms with Crippen molar-refractivity contribution in [2.75, 3.05) is 7.11 Å². The van der Waals surface area contributed by atoms with Crippen LogP contribution in [-0.2, 0) is 14.9 Å². The first-order valence-corrected chi connectivity index (χ1v) is 5.16. The molecule has 4 nitrogen and oxygen atoms in total. The molecule has 0 radical (unpaired) electrons. The molecule has 0 aliphatic heterocycles. The third-order valence-electron chi connectivity index (χ3n) is 0.998. The van der Waals surface area contributed by atoms with Gasteiger partial charge in [0.1, 0.15) is 0 Å². The van der Waals surface area contributed by atoms with Gasteiger partial charge in [0.05, 0.1) is 12.0 Å². The Kier molecular flexibility index (Phi) is 2.61. The molecule has 1 N–H and O–H groups in total. The van der Waals surface area contributed by atoms with Crippen molar-refractivity contribution >= 4 is 21.4 Å². The minimum Gasteiger partial charge on any atom is -0.290 e. The molecule has 1 heterocycles. The molecule has 0 fully saturated rings. The minimum atomic E-state index is -3.43. The van der Waals surface area contributed by atoms with Crippen molar-refractivity contribution in [2.24, 2.45) is 0 Å². The van der Waals surface area contributed by atoms with Gasteiger partial charge in [0.25, 0.3) is 10.0 Å². The van der Waals surface area contributed by atoms with Crippen LogP contribution >= 0.6 is 11.3 Å². The SMILES string of the molecule is CONS(=O)(=O)c1ccsc1. The van der Waals surface area contributed by atoms with Crippen molar-refractivity contribution in [1.82, 2.24) is 4.89 Å². The molecule has 0 aliphatic carbocycles. The summed E-state index contributed by atoms with van der Waals surface area (Å²) < 4.78 is 22.1. The maximum atomic E-state index is 11.1. The van der Waals surface area contributed by atoms with Crippen molar-refractivity contribution in [3.05, 3.63) is 16.8 Å². The first kappa shape index (κ1) is 8.66. The average Bonchev–Trinajstić information content (AvgIpc) is 2.37. The van der Waals surface area contributed by atoms with E-state index in [9.17, 15) is 8.42 Å². The highest BCUT2D eigenvalue weighted by Crippen LogP contribution is 2.11. The van der Waals surface area contributed by atoms with Crippen LogP contribution in [0.2, 0.25) is 0 Å². The molecule has 0 saturated carbocycles. The molecule has 0 spiro atoms. The predicted octanol–water partition coefficient (Wildman–Crippen LogP) is 0.588. The summed E-state index contributed by atoms with van der Waals surface area (Å²) in [6, 6.07) is 1.51. The Labute approximate surface area is 68.8 Å². The van der Waals surface area contributed by atoms with Gasteiger partial charge in [-0.05, 0) is 11.4 Å². The van der Waals surface area contributed by atoms with Crippen LogP contribution in [0.3, 0.4) is 0 Å². The lowest BCUT2D eigenvalue weighted by Crippen LogP contribution is -2.21. The smallest absolute Gasteiger partial charge is 0.263 e. The molecule has 0 aromatic carbocycles. The fourth-order valence-corrected chi connectivity index (χ4v) is 2.40. The molecule has 0 aliphatic rings. The van der Waals surface area contributed by atoms with E-state index in [2.05, 4.69) is 4.84 Å². The van der Waals surface area contributed by atoms with Gasteiger partial charge in [-0.1, -0.05) is 4.89 Å². The van der Waals surface area contributed by atoms with E-state index in [4.69, 9.17) is 0 Å². The van der Waals surface area contributed by atoms with Gasteiger partial charge in [0, 0.05) is 5.38 Å². The molecule has 6 heteroatoms. The Morgan fingerprint density at radius 3 is 2.82 bits per heavy atom. The van der Waals surface area contributed by atoms with E-state index < -0.39 is 10.0 Å². The summed E-state index contributed by atoms with van der Waals surface area (Å²) in [6.45, 7) is 0. The zero-order valence-electron chi connectivity index (χ0n) is 5.77. The van der Waals surface area contributed by atoms with E-state index in [0.29, 0.717) is 0 Å². The maximum absolute atomic E-state index is 11.1. The van der Waals surface area contributed by atoms with Crippen LogP contribution in [0.15, 0.2) is 21.7 Å². The predicted molar refractivity (Wildman–Crippen MR) is 41.6 cm³/mol. The Morgan fingerprint density at radius 1 is 1.64 bits per heavy atom. The second-order valence-corrected chi connectivity index (χ2v) is 4.17. The standard InChI is InChI=1S/C5H7NO3S2/c1-9-6-11(7,8)5-2-3-10-4-5/h2-4,6H,1H3. The van der Waals surface area contributed by atoms with Crippen LogP contribution in [0.4, 0.5) is 0 Å². The van der Waals surface area contributed by atoms with Crippen LogP contribution in [0.1, 0.15) is 0 Å². The summed E-state index contributed by atoms with van der Waals surface area (Å²) in [5.74, 6) is 0. The number of hydrogen-bond donors (Lipinski definition) is 1. The van der Waals surface area contributed by atoms with Crippen LogP contribution in [0, 0.1) is 0 Å². The molecule has 0 bridgehead atoms. The quantitative estimate of drug-likeness (QED) is 0.715. The number of hydrogen-bond acceptors (Lipinski definition) is 4. The lowest BCUT2D eigenvalue weighted by atomic mass is 10.7. The molecule has 1 aromatic heterocycles. The van der Waals surface area contributed by atoms with Gasteiger partial charge in [-0.3, -0.25) is 4.84 Å². The summed E-state index contributed by atoms with van der Waals surface area (Å²) in [7, 11) is -2.17. The van der Waals surface area contributed by atoms with Crippen molar-refractivity contribution in [3.63, 3.8) is 0 Å². The third kappa shape index (κ3) is 2.00. The lowest BCUT2D eigenvalue weighted by molar-refractivity contribution is 0.153. The molecule has 62 valence electrons. The largest absolute Gasteiger partial charge is 0.290 e. The summed E-state index contributed by atoms with van der Waals surface area (Å²) >= 11 is 1.32. The van der Waals surface area contributed by atoms with Crippen molar-refractivity contribution in [3.8, 4) is 0 Å². The molecule has 11 heavy (non-hydrogen) atoms. The summed E-state index contributed by atoms with van der Waals surface area (Å²) in [6.07, 6.45) is 0. The van der Waals surface area contributed by atoms with Gasteiger partial charge >= 0.3 is 0 Å². The summed E-state index contributed by atoms with van der Waals surface area (Å²) in [5, 5.41) is 3.21. The normalized spacial score (nSPS) is 11.7. The topological polar surface area (TPSA) is 55.4 Å². The molecular formula is C5H7NO3S2. The van der Waals surface area contributed by atoms with Crippen LogP contribution in [-0.4, -0.2) is 15.5 Å². The van der Waals surface area contributed by atoms with E-state index in [0.717, 1.165) is 0 Å². The molecule has 1 aromatic rings. The highest BCUT2D eigenvalue weighted by atomic mass is 32.2. The van der Waals surface area contributed by atoms with Crippen LogP contribution in [0.25, 0.3) is 0 Å². The highest BCUT2D eigenvalue weighted by Gasteiger charge is 2.12. The first-order chi connectivity index (χ1) is 5.17. The Morgan fingerprint density at radius 2 is 2.36 bits per heavy atom. The van der Waals surface area contributed by atoms with Gasteiger partial charge in [0.15, 0.2) is 0 Å². The van der Waals surface area contributed by atoms with E-state index in [-0.39, 0.29) is 4.90 Å². The first-order valence-electron chi connectivity index (χ1n) is 2.74. The second-order valence-electron chi connectivity index (χ2n) is 1.75. The van der Waals surface area contributed by atoms with Crippen LogP contribution in [0.5, 0.6) is 0 Å². The average molecular weight is 193 g/mol. The molecular weight excluding hydrogens is 186 g/mol.